The average Bonchev–Trinajstić information content (AvgIpc) is 2.90. The highest BCUT2D eigenvalue weighted by Crippen LogP contribution is 2.22. The van der Waals surface area contributed by atoms with E-state index in [0.29, 0.717) is 6.42 Å². The van der Waals surface area contributed by atoms with Gasteiger partial charge in [0.25, 0.3) is 0 Å². The van der Waals surface area contributed by atoms with E-state index < -0.39 is 0 Å². The van der Waals surface area contributed by atoms with Crippen molar-refractivity contribution in [2.24, 2.45) is 5.73 Å². The molecule has 0 aliphatic heterocycles. The van der Waals surface area contributed by atoms with Crippen molar-refractivity contribution in [2.45, 2.75) is 31.3 Å². The SMILES string of the molecule is Cl.NC(CC(=O)NC1Cc2ccccc2C1)c1ccccc1. The van der Waals surface area contributed by atoms with Gasteiger partial charge in [0.2, 0.25) is 5.91 Å². The van der Waals surface area contributed by atoms with Crippen LogP contribution in [0.5, 0.6) is 0 Å². The molecule has 3 nitrogen and oxygen atoms in total. The fraction of sp³-hybridized carbons (Fsp3) is 0.278. The molecule has 0 heterocycles. The van der Waals surface area contributed by atoms with E-state index in [0.717, 1.165) is 18.4 Å². The molecule has 3 rings (SSSR count). The number of benzene rings is 2. The maximum atomic E-state index is 12.1. The second-order valence-corrected chi connectivity index (χ2v) is 5.66. The Morgan fingerprint density at radius 2 is 1.59 bits per heavy atom. The number of fused-ring (bicyclic) bond motifs is 1. The van der Waals surface area contributed by atoms with E-state index in [1.165, 1.54) is 11.1 Å². The van der Waals surface area contributed by atoms with Crippen LogP contribution in [0, 0.1) is 0 Å². The summed E-state index contributed by atoms with van der Waals surface area (Å²) in [5.74, 6) is 0.0316. The van der Waals surface area contributed by atoms with Gasteiger partial charge in [-0.05, 0) is 29.5 Å². The summed E-state index contributed by atoms with van der Waals surface area (Å²) in [6, 6.07) is 18.1. The molecule has 1 atom stereocenters. The molecule has 1 aliphatic rings. The summed E-state index contributed by atoms with van der Waals surface area (Å²) in [5, 5.41) is 3.11. The maximum absolute atomic E-state index is 12.1. The molecule has 4 heteroatoms. The van der Waals surface area contributed by atoms with E-state index in [-0.39, 0.29) is 30.4 Å². The quantitative estimate of drug-likeness (QED) is 0.911. The molecule has 1 amide bonds. The highest BCUT2D eigenvalue weighted by molar-refractivity contribution is 5.85. The zero-order valence-corrected chi connectivity index (χ0v) is 13.2. The molecule has 0 bridgehead atoms. The van der Waals surface area contributed by atoms with E-state index >= 15 is 0 Å². The Labute approximate surface area is 137 Å². The van der Waals surface area contributed by atoms with Gasteiger partial charge in [0, 0.05) is 18.5 Å². The van der Waals surface area contributed by atoms with Crippen molar-refractivity contribution in [1.29, 1.82) is 0 Å². The third kappa shape index (κ3) is 3.87. The van der Waals surface area contributed by atoms with Crippen molar-refractivity contribution < 1.29 is 4.79 Å². The Balaban J connectivity index is 0.00000176. The second-order valence-electron chi connectivity index (χ2n) is 5.66. The lowest BCUT2D eigenvalue weighted by Gasteiger charge is -2.15. The van der Waals surface area contributed by atoms with Crippen LogP contribution in [0.3, 0.4) is 0 Å². The first-order chi connectivity index (χ1) is 10.2. The molecule has 22 heavy (non-hydrogen) atoms. The third-order valence-corrected chi connectivity index (χ3v) is 4.05. The molecular formula is C18H21ClN2O. The summed E-state index contributed by atoms with van der Waals surface area (Å²) >= 11 is 0. The number of hydrogen-bond acceptors (Lipinski definition) is 2. The summed E-state index contributed by atoms with van der Waals surface area (Å²) in [6.07, 6.45) is 2.17. The molecule has 0 radical (unpaired) electrons. The summed E-state index contributed by atoms with van der Waals surface area (Å²) in [7, 11) is 0. The van der Waals surface area contributed by atoms with Gasteiger partial charge >= 0.3 is 0 Å². The van der Waals surface area contributed by atoms with E-state index in [9.17, 15) is 4.79 Å². The Morgan fingerprint density at radius 1 is 1.05 bits per heavy atom. The predicted octanol–water partition coefficient (Wildman–Crippen LogP) is 2.78. The van der Waals surface area contributed by atoms with E-state index in [4.69, 9.17) is 5.73 Å². The van der Waals surface area contributed by atoms with Gasteiger partial charge in [0.15, 0.2) is 0 Å². The lowest BCUT2D eigenvalue weighted by molar-refractivity contribution is -0.122. The van der Waals surface area contributed by atoms with Gasteiger partial charge in [-0.1, -0.05) is 54.6 Å². The monoisotopic (exact) mass is 316 g/mol. The number of hydrogen-bond donors (Lipinski definition) is 2. The zero-order chi connectivity index (χ0) is 14.7. The van der Waals surface area contributed by atoms with Crippen molar-refractivity contribution in [3.05, 3.63) is 71.3 Å². The van der Waals surface area contributed by atoms with Gasteiger partial charge in [-0.2, -0.15) is 0 Å². The Morgan fingerprint density at radius 3 is 2.18 bits per heavy atom. The Bertz CT molecular complexity index is 605. The van der Waals surface area contributed by atoms with Gasteiger partial charge in [-0.15, -0.1) is 12.4 Å². The topological polar surface area (TPSA) is 55.1 Å². The molecule has 2 aromatic carbocycles. The van der Waals surface area contributed by atoms with Crippen molar-refractivity contribution >= 4 is 18.3 Å². The summed E-state index contributed by atoms with van der Waals surface area (Å²) < 4.78 is 0. The number of amides is 1. The lowest BCUT2D eigenvalue weighted by atomic mass is 10.0. The van der Waals surface area contributed by atoms with Gasteiger partial charge in [0.05, 0.1) is 0 Å². The highest BCUT2D eigenvalue weighted by Gasteiger charge is 2.23. The fourth-order valence-corrected chi connectivity index (χ4v) is 2.97. The smallest absolute Gasteiger partial charge is 0.222 e. The standard InChI is InChI=1S/C18H20N2O.ClH/c19-17(13-6-2-1-3-7-13)12-18(21)20-16-10-14-8-4-5-9-15(14)11-16;/h1-9,16-17H,10-12,19H2,(H,20,21);1H. The van der Waals surface area contributed by atoms with Crippen LogP contribution >= 0.6 is 12.4 Å². The molecule has 0 aromatic heterocycles. The molecule has 2 aromatic rings. The number of rotatable bonds is 4. The molecule has 1 aliphatic carbocycles. The van der Waals surface area contributed by atoms with Crippen LogP contribution in [0.25, 0.3) is 0 Å². The third-order valence-electron chi connectivity index (χ3n) is 4.05. The zero-order valence-electron chi connectivity index (χ0n) is 12.4. The number of halogens is 1. The highest BCUT2D eigenvalue weighted by atomic mass is 35.5. The van der Waals surface area contributed by atoms with Crippen molar-refractivity contribution in [3.63, 3.8) is 0 Å². The number of carbonyl (C=O) groups is 1. The molecule has 0 saturated carbocycles. The van der Waals surface area contributed by atoms with Crippen LogP contribution in [-0.4, -0.2) is 11.9 Å². The van der Waals surface area contributed by atoms with Gasteiger partial charge < -0.3 is 11.1 Å². The lowest BCUT2D eigenvalue weighted by Crippen LogP contribution is -2.36. The van der Waals surface area contributed by atoms with Gasteiger partial charge in [-0.3, -0.25) is 4.79 Å². The largest absolute Gasteiger partial charge is 0.353 e. The van der Waals surface area contributed by atoms with E-state index in [1.54, 1.807) is 0 Å². The second kappa shape index (κ2) is 7.43. The molecule has 1 unspecified atom stereocenters. The Kier molecular flexibility index (Phi) is 5.58. The van der Waals surface area contributed by atoms with Crippen molar-refractivity contribution in [1.82, 2.24) is 5.32 Å². The van der Waals surface area contributed by atoms with E-state index in [2.05, 4.69) is 17.4 Å². The maximum Gasteiger partial charge on any atom is 0.222 e. The van der Waals surface area contributed by atoms with Crippen LogP contribution in [-0.2, 0) is 17.6 Å². The average molecular weight is 317 g/mol. The van der Waals surface area contributed by atoms with Gasteiger partial charge in [0.1, 0.15) is 0 Å². The van der Waals surface area contributed by atoms with Crippen LogP contribution in [0.1, 0.15) is 29.2 Å². The van der Waals surface area contributed by atoms with Crippen LogP contribution in [0.4, 0.5) is 0 Å². The molecule has 3 N–H and O–H groups in total. The molecule has 0 spiro atoms. The Hall–Kier alpha value is -1.84. The number of carbonyl (C=O) groups excluding carboxylic acids is 1. The van der Waals surface area contributed by atoms with Gasteiger partial charge in [-0.25, -0.2) is 0 Å². The minimum atomic E-state index is -0.241. The first kappa shape index (κ1) is 16.5. The minimum absolute atomic E-state index is 0. The molecule has 116 valence electrons. The minimum Gasteiger partial charge on any atom is -0.353 e. The van der Waals surface area contributed by atoms with E-state index in [1.807, 2.05) is 42.5 Å². The van der Waals surface area contributed by atoms with Crippen LogP contribution in [0.15, 0.2) is 54.6 Å². The summed E-state index contributed by atoms with van der Waals surface area (Å²) in [5.41, 5.74) is 9.78. The number of nitrogens with two attached hydrogens (primary N) is 1. The molecular weight excluding hydrogens is 296 g/mol. The van der Waals surface area contributed by atoms with Crippen LogP contribution < -0.4 is 11.1 Å². The molecule has 0 fully saturated rings. The summed E-state index contributed by atoms with van der Waals surface area (Å²) in [4.78, 5) is 12.1. The van der Waals surface area contributed by atoms with Crippen LogP contribution in [0.2, 0.25) is 0 Å². The molecule has 0 saturated heterocycles. The predicted molar refractivity (Wildman–Crippen MR) is 91.0 cm³/mol. The normalized spacial score (nSPS) is 14.8. The number of nitrogens with one attached hydrogen (secondary N) is 1. The van der Waals surface area contributed by atoms with Crippen molar-refractivity contribution in [3.8, 4) is 0 Å². The fourth-order valence-electron chi connectivity index (χ4n) is 2.97. The van der Waals surface area contributed by atoms with Crippen molar-refractivity contribution in [2.75, 3.05) is 0 Å². The summed E-state index contributed by atoms with van der Waals surface area (Å²) in [6.45, 7) is 0. The first-order valence-corrected chi connectivity index (χ1v) is 7.39. The first-order valence-electron chi connectivity index (χ1n) is 7.39.